The Labute approximate surface area is 98.9 Å². The van der Waals surface area contributed by atoms with Crippen molar-refractivity contribution in [2.75, 3.05) is 5.32 Å². The van der Waals surface area contributed by atoms with Crippen LogP contribution in [-0.4, -0.2) is 5.91 Å². The fourth-order valence-electron chi connectivity index (χ4n) is 1.39. The minimum absolute atomic E-state index is 0.0399. The number of carbonyl (C=O) groups excluding carboxylic acids is 1. The molecule has 0 spiro atoms. The molecule has 16 heavy (non-hydrogen) atoms. The maximum absolute atomic E-state index is 11.8. The summed E-state index contributed by atoms with van der Waals surface area (Å²) in [7, 11) is 0. The molecule has 0 saturated heterocycles. The molecule has 2 nitrogen and oxygen atoms in total. The van der Waals surface area contributed by atoms with Crippen LogP contribution in [0.2, 0.25) is 0 Å². The Morgan fingerprint density at radius 3 is 2.31 bits per heavy atom. The van der Waals surface area contributed by atoms with Crippen LogP contribution in [0.3, 0.4) is 0 Å². The molecule has 1 aromatic carbocycles. The summed E-state index contributed by atoms with van der Waals surface area (Å²) in [6.07, 6.45) is 0. The molecule has 0 aliphatic carbocycles. The largest absolute Gasteiger partial charge is 0.321 e. The number of hydrogen-bond acceptors (Lipinski definition) is 2. The number of anilines is 1. The molecule has 0 radical (unpaired) electrons. The topological polar surface area (TPSA) is 29.1 Å². The standard InChI is InChI=1S/C13H13NOS/c1-9-3-6-11(7-4-9)14-13(15)12-8-5-10(2)16-12/h3-8H,1-2H3,(H,14,15). The molecule has 0 aliphatic heterocycles. The maximum Gasteiger partial charge on any atom is 0.265 e. The van der Waals surface area contributed by atoms with E-state index in [0.717, 1.165) is 15.4 Å². The van der Waals surface area contributed by atoms with Gasteiger partial charge in [0.15, 0.2) is 0 Å². The van der Waals surface area contributed by atoms with Crippen molar-refractivity contribution in [1.29, 1.82) is 0 Å². The van der Waals surface area contributed by atoms with Crippen LogP contribution >= 0.6 is 11.3 Å². The summed E-state index contributed by atoms with van der Waals surface area (Å²) in [6, 6.07) is 11.6. The second kappa shape index (κ2) is 4.49. The summed E-state index contributed by atoms with van der Waals surface area (Å²) in [5, 5.41) is 2.87. The average Bonchev–Trinajstić information content (AvgIpc) is 2.68. The highest BCUT2D eigenvalue weighted by Crippen LogP contribution is 2.17. The van der Waals surface area contributed by atoms with Gasteiger partial charge in [0, 0.05) is 10.6 Å². The van der Waals surface area contributed by atoms with Gasteiger partial charge in [0.2, 0.25) is 0 Å². The number of carbonyl (C=O) groups is 1. The van der Waals surface area contributed by atoms with Gasteiger partial charge in [-0.05, 0) is 38.1 Å². The van der Waals surface area contributed by atoms with Gasteiger partial charge in [0.05, 0.1) is 4.88 Å². The van der Waals surface area contributed by atoms with Crippen molar-refractivity contribution in [3.05, 3.63) is 51.7 Å². The van der Waals surface area contributed by atoms with Crippen molar-refractivity contribution in [3.8, 4) is 0 Å². The molecule has 0 atom stereocenters. The molecule has 2 rings (SSSR count). The van der Waals surface area contributed by atoms with E-state index in [-0.39, 0.29) is 5.91 Å². The normalized spacial score (nSPS) is 10.1. The number of amides is 1. The van der Waals surface area contributed by atoms with Crippen LogP contribution in [0, 0.1) is 13.8 Å². The van der Waals surface area contributed by atoms with E-state index in [1.165, 1.54) is 16.9 Å². The molecular weight excluding hydrogens is 218 g/mol. The van der Waals surface area contributed by atoms with Gasteiger partial charge in [0.25, 0.3) is 5.91 Å². The third-order valence-corrected chi connectivity index (χ3v) is 3.27. The van der Waals surface area contributed by atoms with Crippen molar-refractivity contribution in [2.24, 2.45) is 0 Å². The van der Waals surface area contributed by atoms with Gasteiger partial charge in [0.1, 0.15) is 0 Å². The van der Waals surface area contributed by atoms with E-state index in [2.05, 4.69) is 5.32 Å². The number of nitrogens with one attached hydrogen (secondary N) is 1. The second-order valence-corrected chi connectivity index (χ2v) is 5.02. The zero-order valence-corrected chi connectivity index (χ0v) is 10.1. The van der Waals surface area contributed by atoms with Crippen molar-refractivity contribution in [2.45, 2.75) is 13.8 Å². The Balaban J connectivity index is 2.10. The molecule has 3 heteroatoms. The Hall–Kier alpha value is -1.61. The summed E-state index contributed by atoms with van der Waals surface area (Å²) < 4.78 is 0. The van der Waals surface area contributed by atoms with Gasteiger partial charge >= 0.3 is 0 Å². The molecule has 1 amide bonds. The van der Waals surface area contributed by atoms with Crippen LogP contribution in [0.4, 0.5) is 5.69 Å². The lowest BCUT2D eigenvalue weighted by Crippen LogP contribution is -2.09. The molecule has 2 aromatic rings. The zero-order chi connectivity index (χ0) is 11.5. The SMILES string of the molecule is Cc1ccc(NC(=O)c2ccc(C)s2)cc1. The molecule has 0 aliphatic rings. The van der Waals surface area contributed by atoms with Crippen LogP contribution in [0.1, 0.15) is 20.1 Å². The minimum atomic E-state index is -0.0399. The zero-order valence-electron chi connectivity index (χ0n) is 9.28. The molecule has 0 unspecified atom stereocenters. The van der Waals surface area contributed by atoms with Crippen LogP contribution in [-0.2, 0) is 0 Å². The van der Waals surface area contributed by atoms with Crippen LogP contribution < -0.4 is 5.32 Å². The van der Waals surface area contributed by atoms with Crippen LogP contribution in [0.15, 0.2) is 36.4 Å². The molecule has 1 N–H and O–H groups in total. The van der Waals surface area contributed by atoms with Gasteiger partial charge in [-0.1, -0.05) is 17.7 Å². The summed E-state index contributed by atoms with van der Waals surface area (Å²) in [6.45, 7) is 4.02. The van der Waals surface area contributed by atoms with E-state index in [0.29, 0.717) is 0 Å². The molecule has 0 bridgehead atoms. The second-order valence-electron chi connectivity index (χ2n) is 3.73. The Morgan fingerprint density at radius 1 is 1.06 bits per heavy atom. The van der Waals surface area contributed by atoms with Gasteiger partial charge in [-0.3, -0.25) is 4.79 Å². The molecule has 82 valence electrons. The quantitative estimate of drug-likeness (QED) is 0.840. The number of hydrogen-bond donors (Lipinski definition) is 1. The third-order valence-electron chi connectivity index (χ3n) is 2.27. The van der Waals surface area contributed by atoms with Crippen molar-refractivity contribution < 1.29 is 4.79 Å². The van der Waals surface area contributed by atoms with Gasteiger partial charge < -0.3 is 5.32 Å². The van der Waals surface area contributed by atoms with Gasteiger partial charge in [-0.2, -0.15) is 0 Å². The number of benzene rings is 1. The first kappa shape index (κ1) is 10.9. The lowest BCUT2D eigenvalue weighted by molar-refractivity contribution is 0.103. The Morgan fingerprint density at radius 2 is 1.75 bits per heavy atom. The highest BCUT2D eigenvalue weighted by molar-refractivity contribution is 7.14. The summed E-state index contributed by atoms with van der Waals surface area (Å²) in [4.78, 5) is 13.7. The highest BCUT2D eigenvalue weighted by Gasteiger charge is 2.07. The number of aryl methyl sites for hydroxylation is 2. The predicted octanol–water partition coefficient (Wildman–Crippen LogP) is 3.62. The fraction of sp³-hybridized carbons (Fsp3) is 0.154. The fourth-order valence-corrected chi connectivity index (χ4v) is 2.15. The molecular formula is C13H13NOS. The van der Waals surface area contributed by atoms with Crippen LogP contribution in [0.5, 0.6) is 0 Å². The summed E-state index contributed by atoms with van der Waals surface area (Å²) in [5.41, 5.74) is 2.02. The smallest absolute Gasteiger partial charge is 0.265 e. The van der Waals surface area contributed by atoms with Crippen molar-refractivity contribution in [1.82, 2.24) is 0 Å². The van der Waals surface area contributed by atoms with E-state index in [1.54, 1.807) is 0 Å². The van der Waals surface area contributed by atoms with Crippen molar-refractivity contribution in [3.63, 3.8) is 0 Å². The lowest BCUT2D eigenvalue weighted by atomic mass is 10.2. The van der Waals surface area contributed by atoms with E-state index in [1.807, 2.05) is 50.2 Å². The number of rotatable bonds is 2. The number of thiophene rings is 1. The van der Waals surface area contributed by atoms with E-state index >= 15 is 0 Å². The Bertz CT molecular complexity index is 499. The van der Waals surface area contributed by atoms with E-state index in [9.17, 15) is 4.79 Å². The minimum Gasteiger partial charge on any atom is -0.321 e. The van der Waals surface area contributed by atoms with Gasteiger partial charge in [-0.25, -0.2) is 0 Å². The van der Waals surface area contributed by atoms with E-state index < -0.39 is 0 Å². The Kier molecular flexibility index (Phi) is 3.06. The highest BCUT2D eigenvalue weighted by atomic mass is 32.1. The third kappa shape index (κ3) is 2.49. The summed E-state index contributed by atoms with van der Waals surface area (Å²) in [5.74, 6) is -0.0399. The molecule has 0 fully saturated rings. The lowest BCUT2D eigenvalue weighted by Gasteiger charge is -2.03. The van der Waals surface area contributed by atoms with Crippen molar-refractivity contribution >= 4 is 22.9 Å². The average molecular weight is 231 g/mol. The van der Waals surface area contributed by atoms with Gasteiger partial charge in [-0.15, -0.1) is 11.3 Å². The predicted molar refractivity (Wildman–Crippen MR) is 68.2 cm³/mol. The maximum atomic E-state index is 11.8. The molecule has 1 aromatic heterocycles. The first-order valence-electron chi connectivity index (χ1n) is 5.09. The monoisotopic (exact) mass is 231 g/mol. The first-order valence-corrected chi connectivity index (χ1v) is 5.91. The molecule has 0 saturated carbocycles. The van der Waals surface area contributed by atoms with E-state index in [4.69, 9.17) is 0 Å². The molecule has 1 heterocycles. The first-order chi connectivity index (χ1) is 7.65. The summed E-state index contributed by atoms with van der Waals surface area (Å²) >= 11 is 1.51. The van der Waals surface area contributed by atoms with Crippen LogP contribution in [0.25, 0.3) is 0 Å².